The van der Waals surface area contributed by atoms with E-state index in [0.717, 1.165) is 12.3 Å². The monoisotopic (exact) mass is 206 g/mol. The summed E-state index contributed by atoms with van der Waals surface area (Å²) >= 11 is 0. The molecule has 3 aliphatic carbocycles. The van der Waals surface area contributed by atoms with Crippen molar-refractivity contribution < 1.29 is 9.53 Å². The first-order chi connectivity index (χ1) is 7.05. The molecule has 0 aromatic rings. The molecule has 1 heterocycles. The van der Waals surface area contributed by atoms with Crippen LogP contribution in [0.15, 0.2) is 12.3 Å². The van der Waals surface area contributed by atoms with E-state index in [1.807, 2.05) is 0 Å². The smallest absolute Gasteiger partial charge is 0.162 e. The van der Waals surface area contributed by atoms with E-state index < -0.39 is 0 Å². The Morgan fingerprint density at radius 3 is 2.87 bits per heavy atom. The lowest BCUT2D eigenvalue weighted by Crippen LogP contribution is -2.63. The molecule has 2 nitrogen and oxygen atoms in total. The maximum atomic E-state index is 11.5. The standard InChI is InChI=1S/C13H18O2/c1-12(2)9-3-5-13(11(12)7-9)8-10(14)4-6-15-13/h4,6,9,11H,3,5,7-8H2,1-2H3. The molecular weight excluding hydrogens is 188 g/mol. The van der Waals surface area contributed by atoms with Crippen LogP contribution >= 0.6 is 0 Å². The molecule has 3 atom stereocenters. The molecule has 4 rings (SSSR count). The number of hydrogen-bond donors (Lipinski definition) is 0. The SMILES string of the molecule is CC1(C)C2CCC3(CC(=O)C=CO3)C1C2. The molecule has 0 radical (unpaired) electrons. The fraction of sp³-hybridized carbons (Fsp3) is 0.769. The third kappa shape index (κ3) is 1.08. The molecule has 0 saturated heterocycles. The van der Waals surface area contributed by atoms with Crippen LogP contribution in [0, 0.1) is 17.3 Å². The van der Waals surface area contributed by atoms with Crippen LogP contribution in [0.4, 0.5) is 0 Å². The second-order valence-electron chi connectivity index (χ2n) is 5.97. The van der Waals surface area contributed by atoms with Crippen LogP contribution in [0.2, 0.25) is 0 Å². The van der Waals surface area contributed by atoms with Gasteiger partial charge in [-0.3, -0.25) is 4.79 Å². The van der Waals surface area contributed by atoms with Crippen molar-refractivity contribution in [3.8, 4) is 0 Å². The third-order valence-electron chi connectivity index (χ3n) is 5.05. The van der Waals surface area contributed by atoms with Gasteiger partial charge in [-0.05, 0) is 30.6 Å². The quantitative estimate of drug-likeness (QED) is 0.609. The summed E-state index contributed by atoms with van der Waals surface area (Å²) in [6.07, 6.45) is 7.36. The number of fused-ring (bicyclic) bond motifs is 1. The summed E-state index contributed by atoms with van der Waals surface area (Å²) in [6, 6.07) is 0. The maximum Gasteiger partial charge on any atom is 0.162 e. The Morgan fingerprint density at radius 1 is 1.47 bits per heavy atom. The van der Waals surface area contributed by atoms with Crippen molar-refractivity contribution in [3.63, 3.8) is 0 Å². The summed E-state index contributed by atoms with van der Waals surface area (Å²) in [5.41, 5.74) is 0.230. The fourth-order valence-corrected chi connectivity index (χ4v) is 3.99. The topological polar surface area (TPSA) is 26.3 Å². The first-order valence-electron chi connectivity index (χ1n) is 5.92. The minimum Gasteiger partial charge on any atom is -0.494 e. The lowest BCUT2D eigenvalue weighted by molar-refractivity contribution is -0.209. The Labute approximate surface area is 90.7 Å². The molecule has 3 unspecified atom stereocenters. The molecule has 1 aliphatic heterocycles. The molecule has 15 heavy (non-hydrogen) atoms. The number of ketones is 1. The van der Waals surface area contributed by atoms with Gasteiger partial charge in [0.05, 0.1) is 12.7 Å². The predicted molar refractivity (Wildman–Crippen MR) is 57.2 cm³/mol. The van der Waals surface area contributed by atoms with Crippen LogP contribution in [0.3, 0.4) is 0 Å². The van der Waals surface area contributed by atoms with Gasteiger partial charge in [-0.25, -0.2) is 0 Å². The van der Waals surface area contributed by atoms with Crippen molar-refractivity contribution in [2.45, 2.75) is 45.1 Å². The van der Waals surface area contributed by atoms with Crippen LogP contribution in [-0.2, 0) is 9.53 Å². The highest BCUT2D eigenvalue weighted by atomic mass is 16.5. The highest BCUT2D eigenvalue weighted by molar-refractivity contribution is 5.91. The largest absolute Gasteiger partial charge is 0.494 e. The summed E-state index contributed by atoms with van der Waals surface area (Å²) in [6.45, 7) is 4.66. The van der Waals surface area contributed by atoms with Crippen LogP contribution in [0.1, 0.15) is 39.5 Å². The molecule has 3 saturated carbocycles. The number of ether oxygens (including phenoxy) is 1. The minimum atomic E-state index is -0.149. The molecule has 0 amide bonds. The zero-order valence-corrected chi connectivity index (χ0v) is 9.45. The number of allylic oxidation sites excluding steroid dienone is 1. The van der Waals surface area contributed by atoms with Crippen LogP contribution in [0.25, 0.3) is 0 Å². The van der Waals surface area contributed by atoms with Gasteiger partial charge in [0.2, 0.25) is 0 Å². The van der Waals surface area contributed by atoms with Gasteiger partial charge >= 0.3 is 0 Å². The molecule has 0 N–H and O–H groups in total. The van der Waals surface area contributed by atoms with E-state index in [1.165, 1.54) is 12.8 Å². The van der Waals surface area contributed by atoms with Gasteiger partial charge < -0.3 is 4.74 Å². The maximum absolute atomic E-state index is 11.5. The van der Waals surface area contributed by atoms with Gasteiger partial charge in [-0.15, -0.1) is 0 Å². The molecule has 2 heteroatoms. The third-order valence-corrected chi connectivity index (χ3v) is 5.05. The first-order valence-corrected chi connectivity index (χ1v) is 5.92. The first kappa shape index (κ1) is 9.44. The van der Waals surface area contributed by atoms with Crippen LogP contribution in [0.5, 0.6) is 0 Å². The van der Waals surface area contributed by atoms with Crippen molar-refractivity contribution in [2.24, 2.45) is 17.3 Å². The Balaban J connectivity index is 1.93. The van der Waals surface area contributed by atoms with Crippen molar-refractivity contribution in [1.29, 1.82) is 0 Å². The summed E-state index contributed by atoms with van der Waals surface area (Å²) in [4.78, 5) is 11.5. The van der Waals surface area contributed by atoms with E-state index in [1.54, 1.807) is 12.3 Å². The minimum absolute atomic E-state index is 0.149. The Bertz CT molecular complexity index is 340. The molecule has 3 fully saturated rings. The van der Waals surface area contributed by atoms with E-state index in [9.17, 15) is 4.79 Å². The zero-order valence-electron chi connectivity index (χ0n) is 9.45. The Morgan fingerprint density at radius 2 is 2.27 bits per heavy atom. The van der Waals surface area contributed by atoms with Gasteiger partial charge in [-0.2, -0.15) is 0 Å². The highest BCUT2D eigenvalue weighted by Gasteiger charge is 2.62. The summed E-state index contributed by atoms with van der Waals surface area (Å²) in [5, 5.41) is 0. The summed E-state index contributed by atoms with van der Waals surface area (Å²) in [5.74, 6) is 1.68. The van der Waals surface area contributed by atoms with Gasteiger partial charge in [0.1, 0.15) is 5.60 Å². The predicted octanol–water partition coefficient (Wildman–Crippen LogP) is 2.68. The van der Waals surface area contributed by atoms with Gasteiger partial charge in [0.15, 0.2) is 5.78 Å². The molecular formula is C13H18O2. The normalized spacial score (nSPS) is 46.1. The van der Waals surface area contributed by atoms with Gasteiger partial charge in [0, 0.05) is 12.0 Å². The number of rotatable bonds is 0. The summed E-state index contributed by atoms with van der Waals surface area (Å²) < 4.78 is 5.86. The van der Waals surface area contributed by atoms with E-state index >= 15 is 0 Å². The molecule has 82 valence electrons. The van der Waals surface area contributed by atoms with Crippen molar-refractivity contribution in [3.05, 3.63) is 12.3 Å². The highest BCUT2D eigenvalue weighted by Crippen LogP contribution is 2.65. The van der Waals surface area contributed by atoms with Crippen molar-refractivity contribution in [2.75, 3.05) is 0 Å². The Hall–Kier alpha value is -0.790. The number of carbonyl (C=O) groups is 1. The van der Waals surface area contributed by atoms with E-state index in [0.29, 0.717) is 17.8 Å². The van der Waals surface area contributed by atoms with Crippen LogP contribution in [-0.4, -0.2) is 11.4 Å². The van der Waals surface area contributed by atoms with Crippen LogP contribution < -0.4 is 0 Å². The molecule has 2 bridgehead atoms. The van der Waals surface area contributed by atoms with E-state index in [-0.39, 0.29) is 11.4 Å². The second-order valence-corrected chi connectivity index (χ2v) is 5.97. The van der Waals surface area contributed by atoms with E-state index in [2.05, 4.69) is 13.8 Å². The fourth-order valence-electron chi connectivity index (χ4n) is 3.99. The molecule has 1 spiro atoms. The Kier molecular flexibility index (Phi) is 1.67. The summed E-state index contributed by atoms with van der Waals surface area (Å²) in [7, 11) is 0. The van der Waals surface area contributed by atoms with Gasteiger partial charge in [-0.1, -0.05) is 13.8 Å². The second kappa shape index (κ2) is 2.66. The lowest BCUT2D eigenvalue weighted by Gasteiger charge is -2.64. The van der Waals surface area contributed by atoms with E-state index in [4.69, 9.17) is 4.74 Å². The number of carbonyl (C=O) groups excluding carboxylic acids is 1. The molecule has 0 aromatic carbocycles. The number of hydrogen-bond acceptors (Lipinski definition) is 2. The van der Waals surface area contributed by atoms with Crippen molar-refractivity contribution in [1.82, 2.24) is 0 Å². The zero-order chi connectivity index (χ0) is 10.7. The average Bonchev–Trinajstić information content (AvgIpc) is 2.16. The van der Waals surface area contributed by atoms with Gasteiger partial charge in [0.25, 0.3) is 0 Å². The molecule has 0 aromatic heterocycles. The average molecular weight is 206 g/mol. The lowest BCUT2D eigenvalue weighted by atomic mass is 9.43. The molecule has 4 aliphatic rings. The van der Waals surface area contributed by atoms with Crippen molar-refractivity contribution >= 4 is 5.78 Å².